The van der Waals surface area contributed by atoms with E-state index in [0.717, 1.165) is 39.7 Å². The van der Waals surface area contributed by atoms with Gasteiger partial charge in [0.15, 0.2) is 11.0 Å². The quantitative estimate of drug-likeness (QED) is 0.468. The number of rotatable bonds is 7. The largest absolute Gasteiger partial charge is 0.325 e. The third kappa shape index (κ3) is 5.34. The van der Waals surface area contributed by atoms with Gasteiger partial charge in [-0.1, -0.05) is 46.2 Å². The highest BCUT2D eigenvalue weighted by Gasteiger charge is 2.15. The van der Waals surface area contributed by atoms with Gasteiger partial charge in [0.25, 0.3) is 0 Å². The van der Waals surface area contributed by atoms with Crippen molar-refractivity contribution in [1.29, 1.82) is 0 Å². The van der Waals surface area contributed by atoms with Crippen LogP contribution in [0.25, 0.3) is 11.4 Å². The Kier molecular flexibility index (Phi) is 6.93. The molecule has 0 aliphatic rings. The molecule has 0 unspecified atom stereocenters. The Morgan fingerprint density at radius 3 is 2.52 bits per heavy atom. The second-order valence-corrected chi connectivity index (χ2v) is 8.10. The molecular formula is C19H18BrClN4OS. The van der Waals surface area contributed by atoms with Gasteiger partial charge in [-0.2, -0.15) is 0 Å². The van der Waals surface area contributed by atoms with E-state index in [4.69, 9.17) is 11.6 Å². The fourth-order valence-electron chi connectivity index (χ4n) is 2.49. The predicted octanol–water partition coefficient (Wildman–Crippen LogP) is 5.50. The van der Waals surface area contributed by atoms with Gasteiger partial charge in [0.2, 0.25) is 5.91 Å². The number of anilines is 1. The summed E-state index contributed by atoms with van der Waals surface area (Å²) in [6.07, 6.45) is 0.942. The van der Waals surface area contributed by atoms with Crippen LogP contribution in [0, 0.1) is 0 Å². The molecule has 1 aromatic heterocycles. The maximum Gasteiger partial charge on any atom is 0.234 e. The van der Waals surface area contributed by atoms with Gasteiger partial charge in [-0.05, 0) is 55.0 Å². The van der Waals surface area contributed by atoms with Gasteiger partial charge in [-0.25, -0.2) is 0 Å². The van der Waals surface area contributed by atoms with Gasteiger partial charge in [0, 0.05) is 27.3 Å². The zero-order valence-corrected chi connectivity index (χ0v) is 17.8. The summed E-state index contributed by atoms with van der Waals surface area (Å²) < 4.78 is 3.01. The van der Waals surface area contributed by atoms with Gasteiger partial charge in [-0.3, -0.25) is 4.79 Å². The Hall–Kier alpha value is -1.83. The summed E-state index contributed by atoms with van der Waals surface area (Å²) in [7, 11) is 0. The monoisotopic (exact) mass is 464 g/mol. The Morgan fingerprint density at radius 2 is 1.85 bits per heavy atom. The van der Waals surface area contributed by atoms with E-state index in [1.807, 2.05) is 53.1 Å². The molecule has 27 heavy (non-hydrogen) atoms. The van der Waals surface area contributed by atoms with Crippen LogP contribution in [0.3, 0.4) is 0 Å². The van der Waals surface area contributed by atoms with Crippen molar-refractivity contribution < 1.29 is 4.79 Å². The van der Waals surface area contributed by atoms with Crippen LogP contribution < -0.4 is 5.32 Å². The first-order chi connectivity index (χ1) is 13.1. The van der Waals surface area contributed by atoms with Crippen molar-refractivity contribution in [3.63, 3.8) is 0 Å². The number of carbonyl (C=O) groups is 1. The molecule has 0 radical (unpaired) electrons. The minimum atomic E-state index is -0.0820. The Balaban J connectivity index is 1.70. The molecule has 5 nitrogen and oxygen atoms in total. The normalized spacial score (nSPS) is 10.8. The lowest BCUT2D eigenvalue weighted by Crippen LogP contribution is -2.14. The van der Waals surface area contributed by atoms with Gasteiger partial charge >= 0.3 is 0 Å². The lowest BCUT2D eigenvalue weighted by molar-refractivity contribution is -0.113. The van der Waals surface area contributed by atoms with E-state index in [-0.39, 0.29) is 11.7 Å². The van der Waals surface area contributed by atoms with Crippen LogP contribution in [-0.4, -0.2) is 26.4 Å². The standard InChI is InChI=1S/C19H18BrClN4OS/c1-2-11-25-18(13-3-7-15(21)8-4-13)23-24-19(25)27-12-17(26)22-16-9-5-14(20)6-10-16/h3-10H,2,11-12H2,1H3,(H,22,26). The molecule has 0 atom stereocenters. The van der Waals surface area contributed by atoms with Crippen molar-refractivity contribution in [2.75, 3.05) is 11.1 Å². The summed E-state index contributed by atoms with van der Waals surface area (Å²) in [6, 6.07) is 15.0. The molecular weight excluding hydrogens is 448 g/mol. The lowest BCUT2D eigenvalue weighted by atomic mass is 10.2. The first kappa shape index (κ1) is 19.9. The van der Waals surface area contributed by atoms with E-state index in [1.54, 1.807) is 0 Å². The highest BCUT2D eigenvalue weighted by molar-refractivity contribution is 9.10. The first-order valence-corrected chi connectivity index (χ1v) is 10.6. The molecule has 0 spiro atoms. The second-order valence-electron chi connectivity index (χ2n) is 5.81. The molecule has 0 fully saturated rings. The van der Waals surface area contributed by atoms with Crippen molar-refractivity contribution in [3.05, 3.63) is 58.0 Å². The number of halogens is 2. The number of hydrogen-bond acceptors (Lipinski definition) is 4. The maximum atomic E-state index is 12.2. The molecule has 2 aromatic carbocycles. The van der Waals surface area contributed by atoms with E-state index in [1.165, 1.54) is 11.8 Å². The topological polar surface area (TPSA) is 59.8 Å². The van der Waals surface area contributed by atoms with Gasteiger partial charge in [0.05, 0.1) is 5.75 Å². The zero-order valence-electron chi connectivity index (χ0n) is 14.7. The van der Waals surface area contributed by atoms with Crippen molar-refractivity contribution >= 4 is 50.9 Å². The fraction of sp³-hybridized carbons (Fsp3) is 0.211. The van der Waals surface area contributed by atoms with Crippen LogP contribution in [0.4, 0.5) is 5.69 Å². The SMILES string of the molecule is CCCn1c(SCC(=O)Nc2ccc(Br)cc2)nnc1-c1ccc(Cl)cc1. The number of benzene rings is 2. The van der Waals surface area contributed by atoms with E-state index < -0.39 is 0 Å². The zero-order chi connectivity index (χ0) is 19.2. The molecule has 0 saturated carbocycles. The highest BCUT2D eigenvalue weighted by Crippen LogP contribution is 2.25. The molecule has 0 bridgehead atoms. The molecule has 0 aliphatic carbocycles. The Labute approximate surface area is 175 Å². The van der Waals surface area contributed by atoms with Crippen LogP contribution in [0.2, 0.25) is 5.02 Å². The van der Waals surface area contributed by atoms with Crippen molar-refractivity contribution in [2.45, 2.75) is 25.0 Å². The summed E-state index contributed by atoms with van der Waals surface area (Å²) in [5, 5.41) is 12.9. The molecule has 3 rings (SSSR count). The second kappa shape index (κ2) is 9.39. The summed E-state index contributed by atoms with van der Waals surface area (Å²) in [6.45, 7) is 2.88. The molecule has 1 N–H and O–H groups in total. The Morgan fingerprint density at radius 1 is 1.15 bits per heavy atom. The minimum Gasteiger partial charge on any atom is -0.325 e. The van der Waals surface area contributed by atoms with Crippen LogP contribution in [0.1, 0.15) is 13.3 Å². The molecule has 0 aliphatic heterocycles. The average molecular weight is 466 g/mol. The number of thioether (sulfide) groups is 1. The third-order valence-electron chi connectivity index (χ3n) is 3.73. The smallest absolute Gasteiger partial charge is 0.234 e. The maximum absolute atomic E-state index is 12.2. The number of nitrogens with one attached hydrogen (secondary N) is 1. The van der Waals surface area contributed by atoms with E-state index >= 15 is 0 Å². The minimum absolute atomic E-state index is 0.0820. The summed E-state index contributed by atoms with van der Waals surface area (Å²) in [4.78, 5) is 12.2. The molecule has 140 valence electrons. The average Bonchev–Trinajstić information content (AvgIpc) is 3.06. The van der Waals surface area contributed by atoms with Gasteiger partial charge < -0.3 is 9.88 Å². The molecule has 3 aromatic rings. The molecule has 0 saturated heterocycles. The van der Waals surface area contributed by atoms with Crippen LogP contribution in [0.15, 0.2) is 58.2 Å². The first-order valence-electron chi connectivity index (χ1n) is 8.44. The molecule has 8 heteroatoms. The summed E-state index contributed by atoms with van der Waals surface area (Å²) in [5.74, 6) is 0.962. The molecule has 1 heterocycles. The van der Waals surface area contributed by atoms with Gasteiger partial charge in [0.1, 0.15) is 0 Å². The predicted molar refractivity (Wildman–Crippen MR) is 114 cm³/mol. The van der Waals surface area contributed by atoms with E-state index in [2.05, 4.69) is 38.4 Å². The van der Waals surface area contributed by atoms with E-state index in [0.29, 0.717) is 5.02 Å². The fourth-order valence-corrected chi connectivity index (χ4v) is 3.65. The van der Waals surface area contributed by atoms with E-state index in [9.17, 15) is 4.79 Å². The van der Waals surface area contributed by atoms with Crippen LogP contribution >= 0.6 is 39.3 Å². The molecule has 1 amide bonds. The highest BCUT2D eigenvalue weighted by atomic mass is 79.9. The Bertz CT molecular complexity index is 912. The number of carbonyl (C=O) groups excluding carboxylic acids is 1. The van der Waals surface area contributed by atoms with Crippen LogP contribution in [-0.2, 0) is 11.3 Å². The van der Waals surface area contributed by atoms with Crippen molar-refractivity contribution in [3.8, 4) is 11.4 Å². The summed E-state index contributed by atoms with van der Waals surface area (Å²) >= 11 is 10.7. The lowest BCUT2D eigenvalue weighted by Gasteiger charge is -2.09. The number of aromatic nitrogens is 3. The number of amides is 1. The summed E-state index contributed by atoms with van der Waals surface area (Å²) in [5.41, 5.74) is 1.71. The number of nitrogens with zero attached hydrogens (tertiary/aromatic N) is 3. The third-order valence-corrected chi connectivity index (χ3v) is 5.47. The van der Waals surface area contributed by atoms with Crippen molar-refractivity contribution in [2.24, 2.45) is 0 Å². The van der Waals surface area contributed by atoms with Crippen molar-refractivity contribution in [1.82, 2.24) is 14.8 Å². The van der Waals surface area contributed by atoms with Crippen LogP contribution in [0.5, 0.6) is 0 Å². The van der Waals surface area contributed by atoms with Gasteiger partial charge in [-0.15, -0.1) is 10.2 Å². The number of hydrogen-bond donors (Lipinski definition) is 1.